The molecule has 148 valence electrons. The van der Waals surface area contributed by atoms with Crippen molar-refractivity contribution in [1.29, 1.82) is 0 Å². The second kappa shape index (κ2) is 9.64. The molecular formula is C20H23BrN4O3. The molecule has 1 N–H and O–H groups in total. The van der Waals surface area contributed by atoms with E-state index in [0.717, 1.165) is 29.4 Å². The lowest BCUT2D eigenvalue weighted by molar-refractivity contribution is -0.141. The van der Waals surface area contributed by atoms with E-state index < -0.39 is 6.04 Å². The van der Waals surface area contributed by atoms with Gasteiger partial charge >= 0.3 is 5.97 Å². The molecule has 1 amide bonds. The third kappa shape index (κ3) is 5.28. The van der Waals surface area contributed by atoms with Crippen molar-refractivity contribution in [3.05, 3.63) is 52.8 Å². The minimum Gasteiger partial charge on any atom is -0.469 e. The molecule has 1 aromatic carbocycles. The summed E-state index contributed by atoms with van der Waals surface area (Å²) >= 11 is 3.40. The summed E-state index contributed by atoms with van der Waals surface area (Å²) in [5.41, 5.74) is 0.862. The Morgan fingerprint density at radius 3 is 2.68 bits per heavy atom. The van der Waals surface area contributed by atoms with E-state index in [2.05, 4.69) is 31.2 Å². The summed E-state index contributed by atoms with van der Waals surface area (Å²) < 4.78 is 5.74. The van der Waals surface area contributed by atoms with Crippen LogP contribution in [-0.4, -0.2) is 42.0 Å². The fourth-order valence-electron chi connectivity index (χ4n) is 3.31. The van der Waals surface area contributed by atoms with Crippen molar-refractivity contribution >= 4 is 33.8 Å². The maximum Gasteiger partial charge on any atom is 0.307 e. The van der Waals surface area contributed by atoms with Crippen molar-refractivity contribution < 1.29 is 14.3 Å². The molecule has 28 heavy (non-hydrogen) atoms. The summed E-state index contributed by atoms with van der Waals surface area (Å²) in [6, 6.07) is 8.90. The molecule has 2 aromatic rings. The molecule has 3 rings (SSSR count). The van der Waals surface area contributed by atoms with Crippen molar-refractivity contribution in [2.45, 2.75) is 25.3 Å². The lowest BCUT2D eigenvalue weighted by Crippen LogP contribution is -2.44. The Morgan fingerprint density at radius 2 is 2.00 bits per heavy atom. The third-order valence-corrected chi connectivity index (χ3v) is 5.34. The molecule has 8 heteroatoms. The van der Waals surface area contributed by atoms with E-state index in [0.29, 0.717) is 12.5 Å². The Bertz CT molecular complexity index is 801. The van der Waals surface area contributed by atoms with Gasteiger partial charge in [-0.2, -0.15) is 0 Å². The number of amides is 1. The highest BCUT2D eigenvalue weighted by Gasteiger charge is 2.29. The van der Waals surface area contributed by atoms with E-state index in [1.54, 1.807) is 18.5 Å². The van der Waals surface area contributed by atoms with Crippen LogP contribution in [0, 0.1) is 5.92 Å². The van der Waals surface area contributed by atoms with Gasteiger partial charge in [0, 0.05) is 30.0 Å². The largest absolute Gasteiger partial charge is 0.469 e. The average molecular weight is 447 g/mol. The van der Waals surface area contributed by atoms with Crippen LogP contribution in [0.2, 0.25) is 0 Å². The number of nitrogens with one attached hydrogen (secondary N) is 1. The number of halogens is 1. The summed E-state index contributed by atoms with van der Waals surface area (Å²) in [6.45, 7) is 1.38. The number of nitrogens with zero attached hydrogens (tertiary/aromatic N) is 3. The molecule has 2 heterocycles. The van der Waals surface area contributed by atoms with Gasteiger partial charge in [0.1, 0.15) is 0 Å². The number of piperidine rings is 1. The summed E-state index contributed by atoms with van der Waals surface area (Å²) in [7, 11) is 1.35. The smallest absolute Gasteiger partial charge is 0.307 e. The highest BCUT2D eigenvalue weighted by atomic mass is 79.9. The zero-order valence-electron chi connectivity index (χ0n) is 15.7. The first-order chi connectivity index (χ1) is 13.6. The molecule has 1 aliphatic rings. The molecule has 2 atom stereocenters. The van der Waals surface area contributed by atoms with Gasteiger partial charge in [0.05, 0.1) is 25.5 Å². The summed E-state index contributed by atoms with van der Waals surface area (Å²) in [6.07, 6.45) is 5.16. The van der Waals surface area contributed by atoms with Crippen LogP contribution in [0.25, 0.3) is 0 Å². The number of hydrogen-bond donors (Lipinski definition) is 1. The van der Waals surface area contributed by atoms with Crippen molar-refractivity contribution in [2.24, 2.45) is 5.92 Å². The molecule has 1 aliphatic heterocycles. The van der Waals surface area contributed by atoms with Gasteiger partial charge < -0.3 is 15.0 Å². The first-order valence-corrected chi connectivity index (χ1v) is 10.0. The maximum atomic E-state index is 13.0. The van der Waals surface area contributed by atoms with E-state index in [1.807, 2.05) is 29.2 Å². The van der Waals surface area contributed by atoms with Gasteiger partial charge in [0.2, 0.25) is 11.9 Å². The number of ether oxygens (including phenoxy) is 1. The highest BCUT2D eigenvalue weighted by molar-refractivity contribution is 9.10. The van der Waals surface area contributed by atoms with Gasteiger partial charge in [0.25, 0.3) is 0 Å². The van der Waals surface area contributed by atoms with Crippen LogP contribution in [0.3, 0.4) is 0 Å². The summed E-state index contributed by atoms with van der Waals surface area (Å²) in [5, 5.41) is 3.04. The highest BCUT2D eigenvalue weighted by Crippen LogP contribution is 2.24. The minimum atomic E-state index is -0.434. The Morgan fingerprint density at radius 1 is 1.29 bits per heavy atom. The molecule has 0 aliphatic carbocycles. The number of esters is 1. The van der Waals surface area contributed by atoms with E-state index in [1.165, 1.54) is 7.11 Å². The van der Waals surface area contributed by atoms with Crippen LogP contribution in [0.4, 0.5) is 5.95 Å². The number of methoxy groups -OCH3 is 1. The number of carbonyl (C=O) groups excluding carboxylic acids is 2. The first-order valence-electron chi connectivity index (χ1n) is 9.21. The first kappa shape index (κ1) is 20.3. The molecule has 0 spiro atoms. The van der Waals surface area contributed by atoms with Crippen LogP contribution in [0.5, 0.6) is 0 Å². The topological polar surface area (TPSA) is 84.4 Å². The Labute approximate surface area is 172 Å². The average Bonchev–Trinajstić information content (AvgIpc) is 2.74. The number of benzene rings is 1. The van der Waals surface area contributed by atoms with Crippen LogP contribution in [0.15, 0.2) is 47.2 Å². The fraction of sp³-hybridized carbons (Fsp3) is 0.400. The van der Waals surface area contributed by atoms with Gasteiger partial charge in [0.15, 0.2) is 0 Å². The molecule has 0 radical (unpaired) electrons. The zero-order chi connectivity index (χ0) is 19.9. The van der Waals surface area contributed by atoms with Crippen LogP contribution in [-0.2, 0) is 14.3 Å². The van der Waals surface area contributed by atoms with Crippen molar-refractivity contribution in [3.63, 3.8) is 0 Å². The van der Waals surface area contributed by atoms with Gasteiger partial charge in [-0.1, -0.05) is 28.1 Å². The molecule has 1 aromatic heterocycles. The number of rotatable bonds is 6. The number of carbonyl (C=O) groups is 2. The van der Waals surface area contributed by atoms with Gasteiger partial charge in [-0.25, -0.2) is 9.97 Å². The lowest BCUT2D eigenvalue weighted by atomic mass is 9.95. The van der Waals surface area contributed by atoms with Gasteiger partial charge in [-0.05, 0) is 36.6 Å². The van der Waals surface area contributed by atoms with Gasteiger partial charge in [-0.3, -0.25) is 9.59 Å². The van der Waals surface area contributed by atoms with Crippen LogP contribution >= 0.6 is 15.9 Å². The quantitative estimate of drug-likeness (QED) is 0.686. The molecule has 1 fully saturated rings. The van der Waals surface area contributed by atoms with E-state index >= 15 is 0 Å². The fourth-order valence-corrected chi connectivity index (χ4v) is 3.58. The van der Waals surface area contributed by atoms with Crippen molar-refractivity contribution in [1.82, 2.24) is 15.3 Å². The Balaban J connectivity index is 1.70. The second-order valence-corrected chi connectivity index (χ2v) is 7.64. The Hall–Kier alpha value is -2.48. The normalized spacial score (nSPS) is 17.6. The summed E-state index contributed by atoms with van der Waals surface area (Å²) in [4.78, 5) is 35.4. The monoisotopic (exact) mass is 446 g/mol. The predicted molar refractivity (Wildman–Crippen MR) is 109 cm³/mol. The minimum absolute atomic E-state index is 0.0718. The SMILES string of the molecule is COC(=O)CC(NC(=O)C1CCCN(c2ncccn2)C1)c1ccc(Br)cc1. The van der Waals surface area contributed by atoms with Crippen molar-refractivity contribution in [2.75, 3.05) is 25.1 Å². The molecule has 0 bridgehead atoms. The molecule has 1 saturated heterocycles. The van der Waals surface area contributed by atoms with E-state index in [-0.39, 0.29) is 24.2 Å². The number of aromatic nitrogens is 2. The van der Waals surface area contributed by atoms with E-state index in [9.17, 15) is 9.59 Å². The number of hydrogen-bond acceptors (Lipinski definition) is 6. The standard InChI is InChI=1S/C20H23BrN4O3/c1-28-18(26)12-17(14-5-7-16(21)8-6-14)24-19(27)15-4-2-11-25(13-15)20-22-9-3-10-23-20/h3,5-10,15,17H,2,4,11-13H2,1H3,(H,24,27). The summed E-state index contributed by atoms with van der Waals surface area (Å²) in [5.74, 6) is 0.0146. The number of anilines is 1. The second-order valence-electron chi connectivity index (χ2n) is 6.73. The maximum absolute atomic E-state index is 13.0. The van der Waals surface area contributed by atoms with Crippen LogP contribution < -0.4 is 10.2 Å². The lowest BCUT2D eigenvalue weighted by Gasteiger charge is -2.32. The van der Waals surface area contributed by atoms with Crippen molar-refractivity contribution in [3.8, 4) is 0 Å². The zero-order valence-corrected chi connectivity index (χ0v) is 17.3. The van der Waals surface area contributed by atoms with E-state index in [4.69, 9.17) is 4.74 Å². The molecule has 7 nitrogen and oxygen atoms in total. The van der Waals surface area contributed by atoms with Crippen LogP contribution in [0.1, 0.15) is 30.9 Å². The Kier molecular flexibility index (Phi) is 6.97. The van der Waals surface area contributed by atoms with Gasteiger partial charge in [-0.15, -0.1) is 0 Å². The molecule has 2 unspecified atom stereocenters. The third-order valence-electron chi connectivity index (χ3n) is 4.81. The molecular weight excluding hydrogens is 424 g/mol. The predicted octanol–water partition coefficient (Wildman–Crippen LogP) is 2.88. The molecule has 0 saturated carbocycles.